The van der Waals surface area contributed by atoms with Gasteiger partial charge in [-0.05, 0) is 91.3 Å². The maximum absolute atomic E-state index is 9.37. The van der Waals surface area contributed by atoms with Crippen molar-refractivity contribution in [3.05, 3.63) is 188 Å². The van der Waals surface area contributed by atoms with Crippen LogP contribution in [0.4, 0.5) is 17.1 Å². The zero-order chi connectivity index (χ0) is 33.5. The van der Waals surface area contributed by atoms with Crippen LogP contribution in [0.1, 0.15) is 5.48 Å². The quantitative estimate of drug-likeness (QED) is 0.190. The second-order valence-electron chi connectivity index (χ2n) is 11.1. The summed E-state index contributed by atoms with van der Waals surface area (Å²) in [5.74, 6) is 0. The average molecular weight is 578 g/mol. The van der Waals surface area contributed by atoms with Crippen LogP contribution < -0.4 is 4.90 Å². The topological polar surface area (TPSA) is 3.24 Å². The van der Waals surface area contributed by atoms with Crippen LogP contribution in [0.5, 0.6) is 0 Å². The van der Waals surface area contributed by atoms with Crippen LogP contribution >= 0.6 is 0 Å². The Bertz CT molecular complexity index is 2350. The summed E-state index contributed by atoms with van der Waals surface area (Å²) < 4.78 is 37.0. The van der Waals surface area contributed by atoms with Gasteiger partial charge in [-0.3, -0.25) is 0 Å². The standard InChI is InChI=1S/C44H31N/c1-2-12-32(13-3-1)33-26-28-38(29-27-33)45(39-20-8-18-36(30-39)43-24-10-16-34-14-4-6-22-41(34)43)40-21-9-19-37(31-40)44-25-11-17-35-15-5-7-23-42(35)44/h1-31H/i26D,27D,28D,29D. The molecule has 0 atom stereocenters. The van der Waals surface area contributed by atoms with Gasteiger partial charge in [-0.1, -0.05) is 152 Å². The van der Waals surface area contributed by atoms with Crippen LogP contribution in [0, 0.1) is 0 Å². The Labute approximate surface area is 269 Å². The molecule has 8 aromatic carbocycles. The first-order chi connectivity index (χ1) is 24.0. The van der Waals surface area contributed by atoms with E-state index in [0.29, 0.717) is 5.56 Å². The predicted octanol–water partition coefficient (Wildman–Crippen LogP) is 12.5. The van der Waals surface area contributed by atoms with Crippen molar-refractivity contribution in [1.82, 2.24) is 0 Å². The summed E-state index contributed by atoms with van der Waals surface area (Å²) in [6, 6.07) is 54.2. The highest BCUT2D eigenvalue weighted by molar-refractivity contribution is 5.99. The molecule has 0 aliphatic rings. The van der Waals surface area contributed by atoms with Gasteiger partial charge in [-0.15, -0.1) is 0 Å². The zero-order valence-electron chi connectivity index (χ0n) is 28.5. The molecule has 8 aromatic rings. The molecule has 0 aliphatic heterocycles. The van der Waals surface area contributed by atoms with Gasteiger partial charge < -0.3 is 4.90 Å². The zero-order valence-corrected chi connectivity index (χ0v) is 24.5. The van der Waals surface area contributed by atoms with Crippen LogP contribution in [0.15, 0.2) is 188 Å². The van der Waals surface area contributed by atoms with Crippen LogP contribution in [0.3, 0.4) is 0 Å². The van der Waals surface area contributed by atoms with Gasteiger partial charge in [0.15, 0.2) is 0 Å². The van der Waals surface area contributed by atoms with Gasteiger partial charge in [-0.25, -0.2) is 0 Å². The van der Waals surface area contributed by atoms with Crippen molar-refractivity contribution in [3.63, 3.8) is 0 Å². The summed E-state index contributed by atoms with van der Waals surface area (Å²) in [6.07, 6.45) is 0. The Morgan fingerprint density at radius 2 is 0.778 bits per heavy atom. The number of fused-ring (bicyclic) bond motifs is 2. The van der Waals surface area contributed by atoms with Crippen LogP contribution in [0.2, 0.25) is 0 Å². The third-order valence-electron chi connectivity index (χ3n) is 8.31. The second kappa shape index (κ2) is 11.6. The molecule has 0 amide bonds. The first-order valence-corrected chi connectivity index (χ1v) is 15.1. The Morgan fingerprint density at radius 3 is 1.33 bits per heavy atom. The Hall–Kier alpha value is -5.92. The summed E-state index contributed by atoms with van der Waals surface area (Å²) in [7, 11) is 0. The van der Waals surface area contributed by atoms with Gasteiger partial charge in [0.1, 0.15) is 0 Å². The Kier molecular flexibility index (Phi) is 5.84. The molecule has 45 heavy (non-hydrogen) atoms. The summed E-state index contributed by atoms with van der Waals surface area (Å²) in [6.45, 7) is 0. The molecular formula is C44H31N. The predicted molar refractivity (Wildman–Crippen MR) is 192 cm³/mol. The molecule has 0 N–H and O–H groups in total. The number of hydrogen-bond acceptors (Lipinski definition) is 1. The van der Waals surface area contributed by atoms with Crippen LogP contribution in [-0.2, 0) is 0 Å². The first kappa shape index (κ1) is 22.6. The van der Waals surface area contributed by atoms with Crippen LogP contribution in [-0.4, -0.2) is 0 Å². The average Bonchev–Trinajstić information content (AvgIpc) is 3.16. The van der Waals surface area contributed by atoms with Gasteiger partial charge in [0.25, 0.3) is 0 Å². The van der Waals surface area contributed by atoms with Crippen molar-refractivity contribution in [2.45, 2.75) is 0 Å². The molecule has 212 valence electrons. The Morgan fingerprint density at radius 1 is 0.333 bits per heavy atom. The van der Waals surface area contributed by atoms with Crippen molar-refractivity contribution in [3.8, 4) is 33.4 Å². The van der Waals surface area contributed by atoms with Gasteiger partial charge in [0.2, 0.25) is 0 Å². The number of benzene rings is 8. The third kappa shape index (κ3) is 5.15. The smallest absolute Gasteiger partial charge is 0.0645 e. The monoisotopic (exact) mass is 577 g/mol. The molecule has 0 aromatic heterocycles. The first-order valence-electron chi connectivity index (χ1n) is 17.1. The highest BCUT2D eigenvalue weighted by atomic mass is 15.1. The molecule has 0 aliphatic carbocycles. The fourth-order valence-electron chi connectivity index (χ4n) is 6.15. The molecule has 0 spiro atoms. The van der Waals surface area contributed by atoms with E-state index in [1.165, 1.54) is 0 Å². The lowest BCUT2D eigenvalue weighted by Crippen LogP contribution is -2.10. The lowest BCUT2D eigenvalue weighted by Gasteiger charge is -2.27. The van der Waals surface area contributed by atoms with E-state index in [1.807, 2.05) is 83.8 Å². The SMILES string of the molecule is [2H]c1c([2H])c(N(c2cccc(-c3cccc4ccccc34)c2)c2cccc(-c3cccc4ccccc34)c2)c([2H])c([2H])c1-c1ccccc1. The van der Waals surface area contributed by atoms with Crippen molar-refractivity contribution >= 4 is 38.6 Å². The summed E-state index contributed by atoms with van der Waals surface area (Å²) in [5.41, 5.74) is 6.71. The molecule has 0 saturated heterocycles. The number of rotatable bonds is 6. The molecule has 0 radical (unpaired) electrons. The molecule has 1 heteroatoms. The highest BCUT2D eigenvalue weighted by Gasteiger charge is 2.16. The van der Waals surface area contributed by atoms with Crippen molar-refractivity contribution in [1.29, 1.82) is 0 Å². The fourth-order valence-corrected chi connectivity index (χ4v) is 6.15. The van der Waals surface area contributed by atoms with Crippen molar-refractivity contribution in [2.75, 3.05) is 4.90 Å². The fraction of sp³-hybridized carbons (Fsp3) is 0. The molecule has 0 heterocycles. The van der Waals surface area contributed by atoms with E-state index in [9.17, 15) is 2.74 Å². The minimum atomic E-state index is -0.106. The molecular weight excluding hydrogens is 542 g/mol. The minimum Gasteiger partial charge on any atom is -0.310 e. The second-order valence-corrected chi connectivity index (χ2v) is 11.1. The van der Waals surface area contributed by atoms with Gasteiger partial charge in [-0.2, -0.15) is 0 Å². The maximum atomic E-state index is 9.37. The summed E-state index contributed by atoms with van der Waals surface area (Å²) in [4.78, 5) is 1.87. The van der Waals surface area contributed by atoms with Crippen molar-refractivity contribution in [2.24, 2.45) is 0 Å². The third-order valence-corrected chi connectivity index (χ3v) is 8.31. The maximum Gasteiger partial charge on any atom is 0.0645 e. The highest BCUT2D eigenvalue weighted by Crippen LogP contribution is 2.40. The Balaban J connectivity index is 1.37. The number of nitrogens with zero attached hydrogens (tertiary/aromatic N) is 1. The minimum absolute atomic E-state index is 0.0809. The molecule has 1 nitrogen and oxygen atoms in total. The van der Waals surface area contributed by atoms with E-state index >= 15 is 0 Å². The summed E-state index contributed by atoms with van der Waals surface area (Å²) in [5, 5.41) is 4.54. The van der Waals surface area contributed by atoms with Crippen molar-refractivity contribution < 1.29 is 5.48 Å². The van der Waals surface area contributed by atoms with Crippen LogP contribution in [0.25, 0.3) is 54.9 Å². The molecule has 0 fully saturated rings. The van der Waals surface area contributed by atoms with E-state index in [1.54, 1.807) is 0 Å². The van der Waals surface area contributed by atoms with Gasteiger partial charge >= 0.3 is 0 Å². The lowest BCUT2D eigenvalue weighted by molar-refractivity contribution is 1.28. The number of anilines is 3. The molecule has 0 saturated carbocycles. The molecule has 0 bridgehead atoms. The largest absolute Gasteiger partial charge is 0.310 e. The van der Waals surface area contributed by atoms with E-state index in [4.69, 9.17) is 2.74 Å². The van der Waals surface area contributed by atoms with E-state index < -0.39 is 0 Å². The van der Waals surface area contributed by atoms with E-state index in [2.05, 4.69) is 84.9 Å². The van der Waals surface area contributed by atoms with Gasteiger partial charge in [0, 0.05) is 17.1 Å². The lowest BCUT2D eigenvalue weighted by atomic mass is 9.97. The number of hydrogen-bond donors (Lipinski definition) is 0. The summed E-state index contributed by atoms with van der Waals surface area (Å²) >= 11 is 0. The molecule has 0 unspecified atom stereocenters. The van der Waals surface area contributed by atoms with E-state index in [-0.39, 0.29) is 35.4 Å². The van der Waals surface area contributed by atoms with E-state index in [0.717, 1.165) is 55.2 Å². The van der Waals surface area contributed by atoms with Gasteiger partial charge in [0.05, 0.1) is 5.48 Å². The normalized spacial score (nSPS) is 12.4. The molecule has 8 rings (SSSR count).